The number of methoxy groups -OCH3 is 2. The zero-order valence-electron chi connectivity index (χ0n) is 15.9. The van der Waals surface area contributed by atoms with E-state index in [1.54, 1.807) is 36.4 Å². The van der Waals surface area contributed by atoms with Crippen molar-refractivity contribution in [1.29, 1.82) is 0 Å². The largest absolute Gasteiger partial charge is 0.493 e. The van der Waals surface area contributed by atoms with Crippen LogP contribution >= 0.6 is 0 Å². The summed E-state index contributed by atoms with van der Waals surface area (Å²) >= 11 is 0. The highest BCUT2D eigenvalue weighted by Crippen LogP contribution is 2.29. The maximum absolute atomic E-state index is 12.6. The van der Waals surface area contributed by atoms with Crippen LogP contribution in [0.2, 0.25) is 0 Å². The lowest BCUT2D eigenvalue weighted by molar-refractivity contribution is 0.0599. The van der Waals surface area contributed by atoms with Crippen LogP contribution in [0.25, 0.3) is 0 Å². The van der Waals surface area contributed by atoms with Gasteiger partial charge in [-0.3, -0.25) is 4.79 Å². The lowest BCUT2D eigenvalue weighted by Crippen LogP contribution is -2.14. The molecule has 0 unspecified atom stereocenters. The van der Waals surface area contributed by atoms with Gasteiger partial charge in [0.2, 0.25) is 0 Å². The highest BCUT2D eigenvalue weighted by Gasteiger charge is 2.15. The fourth-order valence-corrected chi connectivity index (χ4v) is 2.53. The Balaban J connectivity index is 2.28. The summed E-state index contributed by atoms with van der Waals surface area (Å²) in [6.07, 6.45) is 1.62. The first-order valence-corrected chi connectivity index (χ1v) is 8.34. The smallest absolute Gasteiger partial charge is 0.338 e. The van der Waals surface area contributed by atoms with Crippen molar-refractivity contribution in [3.05, 3.63) is 65.2 Å². The van der Waals surface area contributed by atoms with Gasteiger partial charge in [0.25, 0.3) is 5.91 Å². The van der Waals surface area contributed by atoms with Gasteiger partial charge in [-0.15, -0.1) is 0 Å². The van der Waals surface area contributed by atoms with Crippen LogP contribution in [-0.2, 0) is 4.74 Å². The molecule has 0 bridgehead atoms. The third-order valence-corrected chi connectivity index (χ3v) is 4.11. The first-order valence-electron chi connectivity index (χ1n) is 8.34. The molecule has 0 saturated heterocycles. The van der Waals surface area contributed by atoms with E-state index in [1.807, 2.05) is 13.8 Å². The summed E-state index contributed by atoms with van der Waals surface area (Å²) in [7, 11) is 2.83. The molecule has 142 valence electrons. The Labute approximate surface area is 158 Å². The Kier molecular flexibility index (Phi) is 6.60. The van der Waals surface area contributed by atoms with Crippen LogP contribution < -0.4 is 14.8 Å². The molecule has 0 saturated carbocycles. The van der Waals surface area contributed by atoms with Gasteiger partial charge < -0.3 is 19.5 Å². The maximum Gasteiger partial charge on any atom is 0.338 e. The Bertz CT molecular complexity index is 873. The van der Waals surface area contributed by atoms with Gasteiger partial charge in [-0.1, -0.05) is 12.7 Å². The number of ether oxygens (including phenoxy) is 3. The zero-order valence-corrected chi connectivity index (χ0v) is 15.9. The molecular weight excluding hydrogens is 346 g/mol. The van der Waals surface area contributed by atoms with Crippen LogP contribution in [0.3, 0.4) is 0 Å². The molecule has 0 fully saturated rings. The van der Waals surface area contributed by atoms with E-state index in [1.165, 1.54) is 14.2 Å². The zero-order chi connectivity index (χ0) is 20.0. The maximum atomic E-state index is 12.6. The number of carbonyl (C=O) groups excluding carboxylic acids is 2. The van der Waals surface area contributed by atoms with Gasteiger partial charge in [0.15, 0.2) is 11.5 Å². The average Bonchev–Trinajstić information content (AvgIpc) is 2.68. The summed E-state index contributed by atoms with van der Waals surface area (Å²) in [6.45, 7) is 7.63. The van der Waals surface area contributed by atoms with Crippen molar-refractivity contribution in [3.8, 4) is 11.5 Å². The Morgan fingerprint density at radius 2 is 1.85 bits per heavy atom. The van der Waals surface area contributed by atoms with Crippen molar-refractivity contribution < 1.29 is 23.8 Å². The molecule has 27 heavy (non-hydrogen) atoms. The van der Waals surface area contributed by atoms with E-state index in [-0.39, 0.29) is 5.91 Å². The van der Waals surface area contributed by atoms with Crippen molar-refractivity contribution in [1.82, 2.24) is 0 Å². The van der Waals surface area contributed by atoms with Gasteiger partial charge >= 0.3 is 5.97 Å². The van der Waals surface area contributed by atoms with Crippen molar-refractivity contribution in [2.75, 3.05) is 26.1 Å². The Morgan fingerprint density at radius 3 is 2.48 bits per heavy atom. The van der Waals surface area contributed by atoms with Crippen LogP contribution in [0.1, 0.15) is 31.8 Å². The first-order chi connectivity index (χ1) is 12.9. The van der Waals surface area contributed by atoms with E-state index in [4.69, 9.17) is 14.2 Å². The number of nitrogens with one attached hydrogen (secondary N) is 1. The second kappa shape index (κ2) is 8.89. The number of anilines is 1. The monoisotopic (exact) mass is 369 g/mol. The number of hydrogen-bond acceptors (Lipinski definition) is 5. The molecule has 2 aromatic carbocycles. The number of carbonyl (C=O) groups is 2. The van der Waals surface area contributed by atoms with Crippen molar-refractivity contribution in [2.24, 2.45) is 0 Å². The third-order valence-electron chi connectivity index (χ3n) is 4.11. The quantitative estimate of drug-likeness (QED) is 0.592. The summed E-state index contributed by atoms with van der Waals surface area (Å²) in [5.74, 6) is 0.188. The van der Waals surface area contributed by atoms with Gasteiger partial charge in [0.05, 0.1) is 19.8 Å². The van der Waals surface area contributed by atoms with Crippen LogP contribution in [0.4, 0.5) is 5.69 Å². The number of amides is 1. The molecule has 6 heteroatoms. The first kappa shape index (κ1) is 20.0. The minimum Gasteiger partial charge on any atom is -0.493 e. The molecular formula is C21H23NO5. The van der Waals surface area contributed by atoms with Crippen LogP contribution in [0, 0.1) is 13.8 Å². The van der Waals surface area contributed by atoms with Crippen LogP contribution in [0.5, 0.6) is 11.5 Å². The Hall–Kier alpha value is -3.28. The van der Waals surface area contributed by atoms with Gasteiger partial charge in [-0.25, -0.2) is 4.79 Å². The molecule has 2 aromatic rings. The van der Waals surface area contributed by atoms with Crippen molar-refractivity contribution in [2.45, 2.75) is 13.8 Å². The summed E-state index contributed by atoms with van der Waals surface area (Å²) in [5.41, 5.74) is 3.01. The second-order valence-corrected chi connectivity index (χ2v) is 5.88. The fraction of sp³-hybridized carbons (Fsp3) is 0.238. The highest BCUT2D eigenvalue weighted by atomic mass is 16.5. The minimum absolute atomic E-state index is 0.331. The number of rotatable bonds is 7. The van der Waals surface area contributed by atoms with E-state index in [9.17, 15) is 9.59 Å². The van der Waals surface area contributed by atoms with E-state index >= 15 is 0 Å². The number of esters is 1. The standard InChI is InChI=1S/C21H23NO5/c1-6-9-27-18-8-7-15(11-19(18)25-4)20(23)22-16-10-13(2)14(3)17(12-16)21(24)26-5/h6-8,10-12H,1,9H2,2-5H3,(H,22,23). The second-order valence-electron chi connectivity index (χ2n) is 5.88. The van der Waals surface area contributed by atoms with E-state index in [0.717, 1.165) is 11.1 Å². The fourth-order valence-electron chi connectivity index (χ4n) is 2.53. The average molecular weight is 369 g/mol. The van der Waals surface area contributed by atoms with Crippen LogP contribution in [0.15, 0.2) is 43.0 Å². The van der Waals surface area contributed by atoms with Gasteiger partial charge in [-0.2, -0.15) is 0 Å². The summed E-state index contributed by atoms with van der Waals surface area (Å²) in [5, 5.41) is 2.80. The molecule has 0 aliphatic carbocycles. The van der Waals surface area contributed by atoms with Crippen LogP contribution in [-0.4, -0.2) is 32.7 Å². The summed E-state index contributed by atoms with van der Waals surface area (Å²) < 4.78 is 15.6. The van der Waals surface area contributed by atoms with Gasteiger partial charge in [0.1, 0.15) is 6.61 Å². The summed E-state index contributed by atoms with van der Waals surface area (Å²) in [6, 6.07) is 8.30. The lowest BCUT2D eigenvalue weighted by Gasteiger charge is -2.13. The molecule has 0 aromatic heterocycles. The molecule has 2 rings (SSSR count). The molecule has 6 nitrogen and oxygen atoms in total. The SMILES string of the molecule is C=CCOc1ccc(C(=O)Nc2cc(C)c(C)c(C(=O)OC)c2)cc1OC. The van der Waals surface area contributed by atoms with Crippen molar-refractivity contribution in [3.63, 3.8) is 0 Å². The number of aryl methyl sites for hydroxylation is 1. The molecule has 1 amide bonds. The number of benzene rings is 2. The topological polar surface area (TPSA) is 73.9 Å². The Morgan fingerprint density at radius 1 is 1.11 bits per heavy atom. The molecule has 0 spiro atoms. The van der Waals surface area contributed by atoms with Gasteiger partial charge in [0, 0.05) is 11.3 Å². The highest BCUT2D eigenvalue weighted by molar-refractivity contribution is 6.05. The molecule has 0 atom stereocenters. The lowest BCUT2D eigenvalue weighted by atomic mass is 10.0. The molecule has 0 aliphatic rings. The van der Waals surface area contributed by atoms with Gasteiger partial charge in [-0.05, 0) is 55.3 Å². The summed E-state index contributed by atoms with van der Waals surface area (Å²) in [4.78, 5) is 24.5. The molecule has 0 heterocycles. The molecule has 1 N–H and O–H groups in total. The van der Waals surface area contributed by atoms with E-state index < -0.39 is 5.97 Å². The van der Waals surface area contributed by atoms with Crippen molar-refractivity contribution >= 4 is 17.6 Å². The normalized spacial score (nSPS) is 10.1. The third kappa shape index (κ3) is 4.67. The predicted octanol–water partition coefficient (Wildman–Crippen LogP) is 3.92. The molecule has 0 radical (unpaired) electrons. The molecule has 0 aliphatic heterocycles. The van der Waals surface area contributed by atoms with E-state index in [0.29, 0.717) is 34.9 Å². The van der Waals surface area contributed by atoms with E-state index in [2.05, 4.69) is 11.9 Å². The number of hydrogen-bond donors (Lipinski definition) is 1. The minimum atomic E-state index is -0.447. The predicted molar refractivity (Wildman–Crippen MR) is 104 cm³/mol.